The summed E-state index contributed by atoms with van der Waals surface area (Å²) in [4.78, 5) is 2.06. The number of rotatable bonds is 12. The van der Waals surface area contributed by atoms with E-state index in [4.69, 9.17) is 4.66 Å². The van der Waals surface area contributed by atoms with Gasteiger partial charge in [0.15, 0.2) is 9.29 Å². The summed E-state index contributed by atoms with van der Waals surface area (Å²) in [5.41, 5.74) is 7.36. The molecule has 1 aromatic carbocycles. The molecular weight excluding hydrogens is 709 g/mol. The van der Waals surface area contributed by atoms with E-state index < -0.39 is 65.1 Å². The highest BCUT2D eigenvalue weighted by Gasteiger charge is 2.54. The van der Waals surface area contributed by atoms with Gasteiger partial charge in [0, 0.05) is 80.7 Å². The molecule has 0 saturated carbocycles. The van der Waals surface area contributed by atoms with Crippen LogP contribution in [0.15, 0.2) is 40.3 Å². The summed E-state index contributed by atoms with van der Waals surface area (Å²) in [6.07, 6.45) is 7.41. The topological polar surface area (TPSA) is 49.7 Å². The van der Waals surface area contributed by atoms with Gasteiger partial charge in [0.2, 0.25) is 0 Å². The molecule has 0 spiro atoms. The van der Waals surface area contributed by atoms with Crippen LogP contribution >= 0.6 is 0 Å². The molecule has 0 amide bonds. The van der Waals surface area contributed by atoms with E-state index in [-0.39, 0.29) is 0 Å². The van der Waals surface area contributed by atoms with Gasteiger partial charge in [-0.05, 0) is 49.5 Å². The maximum atomic E-state index is 14.7. The highest BCUT2D eigenvalue weighted by Crippen LogP contribution is 2.45. The highest BCUT2D eigenvalue weighted by molar-refractivity contribution is 8.23. The van der Waals surface area contributed by atoms with Crippen LogP contribution in [-0.4, -0.2) is 95.7 Å². The van der Waals surface area contributed by atoms with Crippen molar-refractivity contribution in [2.75, 3.05) is 20.4 Å². The molecule has 0 aliphatic carbocycles. The van der Waals surface area contributed by atoms with E-state index >= 15 is 0 Å². The van der Waals surface area contributed by atoms with Gasteiger partial charge >= 0.3 is 7.38 Å². The molecule has 1 aliphatic rings. The zero-order valence-electron chi connectivity index (χ0n) is 34.3. The first kappa shape index (κ1) is 42.8. The van der Waals surface area contributed by atoms with E-state index in [0.29, 0.717) is 15.5 Å². The lowest BCUT2D eigenvalue weighted by Gasteiger charge is -2.47. The Balaban J connectivity index is 3.63. The molecule has 1 unspecified atom stereocenters. The van der Waals surface area contributed by atoms with Gasteiger partial charge in [-0.3, -0.25) is 0 Å². The van der Waals surface area contributed by atoms with Crippen molar-refractivity contribution in [2.45, 2.75) is 133 Å². The fraction of sp³-hybridized carbons (Fsp3) is 0.686. The maximum absolute atomic E-state index is 14.7. The number of benzene rings is 1. The van der Waals surface area contributed by atoms with E-state index in [0.717, 1.165) is 10.9 Å². The van der Waals surface area contributed by atoms with Crippen LogP contribution in [0.25, 0.3) is 0 Å². The van der Waals surface area contributed by atoms with Gasteiger partial charge < -0.3 is 9.56 Å². The normalized spacial score (nSPS) is 19.1. The average Bonchev–Trinajstić information content (AvgIpc) is 2.97. The van der Waals surface area contributed by atoms with Crippen LogP contribution in [0.2, 0.25) is 118 Å². The number of hydrogen-bond acceptors (Lipinski definition) is 4. The van der Waals surface area contributed by atoms with E-state index in [9.17, 15) is 8.42 Å². The molecule has 0 saturated heterocycles. The predicted octanol–water partition coefficient (Wildman–Crippen LogP) is 9.52. The van der Waals surface area contributed by atoms with Gasteiger partial charge in [0.05, 0.1) is 0 Å². The lowest BCUT2D eigenvalue weighted by atomic mass is 10.1. The Kier molecular flexibility index (Phi) is 12.4. The fourth-order valence-corrected chi connectivity index (χ4v) is 55.3. The molecular formula is C35H72N2O2SSi7. The van der Waals surface area contributed by atoms with Gasteiger partial charge in [0.1, 0.15) is 0 Å². The van der Waals surface area contributed by atoms with E-state index in [1.165, 1.54) is 22.9 Å². The minimum absolute atomic E-state index is 0.399. The molecule has 0 radical (unpaired) electrons. The van der Waals surface area contributed by atoms with Crippen LogP contribution in [0, 0.1) is 0 Å². The second-order valence-corrected chi connectivity index (χ2v) is 62.8. The standard InChI is InChI=1S/C35H72N2O2SSi7/c1-37(2)29-22-24-36-47(25-23-29,40(3,38)39)32-30(34(43(10,11)12)44(13,14)15)26-28(33(41(4,5)6)42(7,8)9)27-31(32)35(45(16,17)18)46(19,20)21/h22-27,33-35H,1-21H3. The van der Waals surface area contributed by atoms with Crippen LogP contribution in [0.1, 0.15) is 32.2 Å². The van der Waals surface area contributed by atoms with Crippen molar-refractivity contribution in [1.29, 1.82) is 0 Å². The van der Waals surface area contributed by atoms with Crippen molar-refractivity contribution in [1.82, 2.24) is 4.90 Å². The molecule has 2 rings (SSSR count). The Morgan fingerprint density at radius 2 is 0.957 bits per heavy atom. The fourth-order valence-electron chi connectivity index (χ4n) is 9.88. The largest absolute Gasteiger partial charge is 0.378 e. The first-order valence-corrected chi connectivity index (χ1v) is 43.7. The zero-order valence-corrected chi connectivity index (χ0v) is 42.1. The summed E-state index contributed by atoms with van der Waals surface area (Å²) in [6.45, 7) is 45.7. The smallest absolute Gasteiger partial charge is 0.367 e. The lowest BCUT2D eigenvalue weighted by molar-refractivity contribution is 0.531. The van der Waals surface area contributed by atoms with Gasteiger partial charge in [-0.1, -0.05) is 136 Å². The summed E-state index contributed by atoms with van der Waals surface area (Å²) in [5.74, 6) is 0. The second kappa shape index (κ2) is 13.6. The molecule has 4 nitrogen and oxygen atoms in total. The molecule has 0 bridgehead atoms. The Hall–Kier alpha value is -0.362. The first-order valence-electron chi connectivity index (χ1n) is 17.6. The lowest BCUT2D eigenvalue weighted by Crippen LogP contribution is -2.61. The van der Waals surface area contributed by atoms with Crippen LogP contribution < -0.4 is 5.19 Å². The molecule has 0 aromatic heterocycles. The Labute approximate surface area is 298 Å². The average molecular weight is 782 g/mol. The first-order chi connectivity index (χ1) is 20.6. The zero-order chi connectivity index (χ0) is 37.1. The number of nitrogens with zero attached hydrogens (tertiary/aromatic N) is 2. The molecule has 268 valence electrons. The van der Waals surface area contributed by atoms with Gasteiger partial charge in [-0.25, -0.2) is 8.42 Å². The van der Waals surface area contributed by atoms with Crippen LogP contribution in [0.3, 0.4) is 0 Å². The molecule has 47 heavy (non-hydrogen) atoms. The molecule has 1 heterocycles. The minimum Gasteiger partial charge on any atom is -0.378 e. The van der Waals surface area contributed by atoms with Crippen LogP contribution in [0.4, 0.5) is 0 Å². The van der Waals surface area contributed by atoms with Crippen molar-refractivity contribution < 1.29 is 8.42 Å². The van der Waals surface area contributed by atoms with Crippen molar-refractivity contribution in [3.8, 4) is 0 Å². The number of hydrogen-bond donors (Lipinski definition) is 0. The van der Waals surface area contributed by atoms with Crippen molar-refractivity contribution >= 4 is 76.5 Å². The highest BCUT2D eigenvalue weighted by atomic mass is 32.4. The van der Waals surface area contributed by atoms with Crippen LogP contribution in [-0.2, 0) is 9.29 Å². The summed E-state index contributed by atoms with van der Waals surface area (Å²) >= 11 is 0. The second-order valence-electron chi connectivity index (χ2n) is 21.1. The molecule has 12 heteroatoms. The van der Waals surface area contributed by atoms with Crippen molar-refractivity contribution in [3.05, 3.63) is 52.4 Å². The van der Waals surface area contributed by atoms with Gasteiger partial charge in [-0.15, -0.1) is 0 Å². The number of allylic oxidation sites excluding steroid dienone is 2. The molecule has 1 aliphatic heterocycles. The quantitative estimate of drug-likeness (QED) is 0.199. The van der Waals surface area contributed by atoms with E-state index in [1.54, 1.807) is 0 Å². The summed E-state index contributed by atoms with van der Waals surface area (Å²) in [7, 11) is -14.0. The molecule has 0 N–H and O–H groups in total. The van der Waals surface area contributed by atoms with E-state index in [2.05, 4.69) is 147 Å². The third-order valence-electron chi connectivity index (χ3n) is 9.80. The molecule has 1 atom stereocenters. The predicted molar refractivity (Wildman–Crippen MR) is 234 cm³/mol. The van der Waals surface area contributed by atoms with E-state index in [1.807, 2.05) is 26.4 Å². The summed E-state index contributed by atoms with van der Waals surface area (Å²) < 4.78 is 34.8. The van der Waals surface area contributed by atoms with Crippen LogP contribution in [0.5, 0.6) is 0 Å². The van der Waals surface area contributed by atoms with Crippen molar-refractivity contribution in [3.63, 3.8) is 0 Å². The summed E-state index contributed by atoms with van der Waals surface area (Å²) in [6, 6.07) is 5.22. The summed E-state index contributed by atoms with van der Waals surface area (Å²) in [5, 5.41) is 2.52. The Morgan fingerprint density at radius 1 is 0.617 bits per heavy atom. The number of likely N-dealkylation sites (N-methyl/N-ethyl adjacent to an activating group) is 1. The molecule has 0 fully saturated rings. The van der Waals surface area contributed by atoms with Crippen molar-refractivity contribution in [2.24, 2.45) is 4.66 Å². The Bertz CT molecular complexity index is 1410. The van der Waals surface area contributed by atoms with Gasteiger partial charge in [-0.2, -0.15) is 0 Å². The monoisotopic (exact) mass is 780 g/mol. The van der Waals surface area contributed by atoms with Gasteiger partial charge in [0.25, 0.3) is 0 Å². The molecule has 1 aromatic rings. The third-order valence-corrected chi connectivity index (χ3v) is 46.0. The minimum atomic E-state index is -3.68. The SMILES string of the molecule is CN(C)C1=CC=N[Si](c2c(C([Si](C)(C)C)[Si](C)(C)C)cc(C([Si](C)(C)C)[Si](C)(C)C)cc2C([Si](C)(C)C)[Si](C)(C)C)(S(C)(=O)=O)C=C1. The third kappa shape index (κ3) is 9.50. The maximum Gasteiger partial charge on any atom is 0.367 e. The Morgan fingerprint density at radius 3 is 1.23 bits per heavy atom.